The van der Waals surface area contributed by atoms with Crippen LogP contribution in [0.25, 0.3) is 83.2 Å². The van der Waals surface area contributed by atoms with Crippen LogP contribution in [-0.4, -0.2) is 22.6 Å². The van der Waals surface area contributed by atoms with Gasteiger partial charge < -0.3 is 18.4 Å². The molecule has 6 aromatic carbocycles. The van der Waals surface area contributed by atoms with Crippen molar-refractivity contribution in [2.24, 2.45) is 0 Å². The van der Waals surface area contributed by atoms with Crippen molar-refractivity contribution in [1.29, 1.82) is 0 Å². The van der Waals surface area contributed by atoms with E-state index in [0.29, 0.717) is 0 Å². The SMILES string of the molecule is CC(C)(C)c1ccc(-n2c(-c3[c-]ccc4c3oc3ccccc34)nc3ccccc32)cc1.Cc1cc(-c2[c-]cc3oc4ccccc4c3c2)ncc1[Si](C)(C)C.[Ir]. The number of rotatable bonds is 4. The summed E-state index contributed by atoms with van der Waals surface area (Å²) in [7, 11) is -1.36. The van der Waals surface area contributed by atoms with Crippen LogP contribution in [0, 0.1) is 19.1 Å². The molecule has 0 saturated carbocycles. The Morgan fingerprint density at radius 1 is 0.684 bits per heavy atom. The number of aromatic nitrogens is 3. The van der Waals surface area contributed by atoms with E-state index in [9.17, 15) is 0 Å². The van der Waals surface area contributed by atoms with Crippen molar-refractivity contribution in [2.45, 2.75) is 52.8 Å². The first-order valence-corrected chi connectivity index (χ1v) is 22.7. The molecule has 10 aromatic rings. The van der Waals surface area contributed by atoms with E-state index in [2.05, 4.69) is 143 Å². The molecule has 0 atom stereocenters. The normalized spacial score (nSPS) is 12.0. The number of hydrogen-bond acceptors (Lipinski definition) is 4. The van der Waals surface area contributed by atoms with Crippen LogP contribution in [0.4, 0.5) is 0 Å². The predicted octanol–water partition coefficient (Wildman–Crippen LogP) is 13.0. The molecule has 7 heteroatoms. The Balaban J connectivity index is 0.000000163. The van der Waals surface area contributed by atoms with Gasteiger partial charge in [0, 0.05) is 42.8 Å². The summed E-state index contributed by atoms with van der Waals surface area (Å²) in [5, 5.41) is 5.86. The summed E-state index contributed by atoms with van der Waals surface area (Å²) in [6, 6.07) is 50.3. The number of benzene rings is 6. The Labute approximate surface area is 347 Å². The van der Waals surface area contributed by atoms with Crippen LogP contribution in [0.3, 0.4) is 0 Å². The smallest absolute Gasteiger partial charge is 0.120 e. The van der Waals surface area contributed by atoms with Gasteiger partial charge in [0.2, 0.25) is 0 Å². The van der Waals surface area contributed by atoms with Crippen molar-refractivity contribution >= 4 is 68.2 Å². The fraction of sp³-hybridized carbons (Fsp3) is 0.160. The maximum atomic E-state index is 6.30. The van der Waals surface area contributed by atoms with Gasteiger partial charge in [0.1, 0.15) is 11.2 Å². The van der Waals surface area contributed by atoms with E-state index in [1.165, 1.54) is 16.3 Å². The molecule has 0 bridgehead atoms. The van der Waals surface area contributed by atoms with Crippen LogP contribution < -0.4 is 5.19 Å². The molecule has 0 N–H and O–H groups in total. The number of imidazole rings is 1. The van der Waals surface area contributed by atoms with Gasteiger partial charge in [0.25, 0.3) is 0 Å². The summed E-state index contributed by atoms with van der Waals surface area (Å²) in [6.45, 7) is 15.9. The standard InChI is InChI=1S/C29H23N2O.C21H20NOSi.Ir/c1-29(2,3)19-15-17-20(18-16-19)31-25-13-6-5-12-24(25)30-28(31)23-11-8-10-22-21-9-4-7-14-26(21)32-27(22)23;1-14-11-18(22-13-21(14)24(2,3)4)15-9-10-20-17(12-15)16-7-5-6-8-19(16)23-20;/h4-10,12-18H,1-3H3;5-8,10-13H,1-4H3;/q2*-1;. The molecule has 0 unspecified atom stereocenters. The largest absolute Gasteiger partial charge is 0.501 e. The Bertz CT molecular complexity index is 3070. The van der Waals surface area contributed by atoms with Gasteiger partial charge in [0.15, 0.2) is 0 Å². The number of para-hydroxylation sites is 4. The third-order valence-corrected chi connectivity index (χ3v) is 12.8. The van der Waals surface area contributed by atoms with E-state index in [-0.39, 0.29) is 25.5 Å². The minimum absolute atomic E-state index is 0. The summed E-state index contributed by atoms with van der Waals surface area (Å²) in [5.41, 5.74) is 12.1. The molecule has 0 amide bonds. The number of hydrogen-bond donors (Lipinski definition) is 0. The first kappa shape index (κ1) is 38.3. The second kappa shape index (κ2) is 14.7. The Hall–Kier alpha value is -5.59. The van der Waals surface area contributed by atoms with Gasteiger partial charge in [-0.2, -0.15) is 0 Å². The van der Waals surface area contributed by atoms with Crippen LogP contribution in [0.1, 0.15) is 31.9 Å². The molecule has 0 aliphatic heterocycles. The minimum atomic E-state index is -1.36. The zero-order chi connectivity index (χ0) is 38.8. The maximum absolute atomic E-state index is 6.30. The van der Waals surface area contributed by atoms with Crippen molar-refractivity contribution in [3.63, 3.8) is 0 Å². The molecule has 0 spiro atoms. The van der Waals surface area contributed by atoms with Crippen LogP contribution in [0.15, 0.2) is 142 Å². The average molecular weight is 938 g/mol. The van der Waals surface area contributed by atoms with E-state index in [1.807, 2.05) is 54.6 Å². The van der Waals surface area contributed by atoms with E-state index in [0.717, 1.165) is 83.2 Å². The van der Waals surface area contributed by atoms with Crippen molar-refractivity contribution in [3.8, 4) is 28.3 Å². The van der Waals surface area contributed by atoms with Crippen LogP contribution in [0.2, 0.25) is 19.6 Å². The van der Waals surface area contributed by atoms with E-state index < -0.39 is 8.07 Å². The van der Waals surface area contributed by atoms with E-state index in [4.69, 9.17) is 18.8 Å². The third kappa shape index (κ3) is 7.05. The third-order valence-electron chi connectivity index (χ3n) is 10.6. The summed E-state index contributed by atoms with van der Waals surface area (Å²) in [4.78, 5) is 9.74. The van der Waals surface area contributed by atoms with Crippen molar-refractivity contribution < 1.29 is 28.9 Å². The molecule has 0 saturated heterocycles. The minimum Gasteiger partial charge on any atom is -0.501 e. The zero-order valence-electron chi connectivity index (χ0n) is 33.2. The Morgan fingerprint density at radius 2 is 1.35 bits per heavy atom. The first-order valence-electron chi connectivity index (χ1n) is 19.2. The van der Waals surface area contributed by atoms with Gasteiger partial charge in [-0.05, 0) is 65.2 Å². The zero-order valence-corrected chi connectivity index (χ0v) is 36.6. The molecular weight excluding hydrogens is 895 g/mol. The topological polar surface area (TPSA) is 57.0 Å². The number of aryl methyl sites for hydroxylation is 1. The molecule has 0 fully saturated rings. The summed E-state index contributed by atoms with van der Waals surface area (Å²) in [6.07, 6.45) is 2.06. The fourth-order valence-corrected chi connectivity index (χ4v) is 9.44. The Morgan fingerprint density at radius 3 is 2.05 bits per heavy atom. The fourth-order valence-electron chi connectivity index (χ4n) is 7.73. The molecule has 57 heavy (non-hydrogen) atoms. The van der Waals surface area contributed by atoms with Crippen molar-refractivity contribution in [1.82, 2.24) is 14.5 Å². The second-order valence-corrected chi connectivity index (χ2v) is 21.6. The van der Waals surface area contributed by atoms with E-state index >= 15 is 0 Å². The van der Waals surface area contributed by atoms with Gasteiger partial charge in [0.05, 0.1) is 36.1 Å². The molecule has 4 aromatic heterocycles. The number of fused-ring (bicyclic) bond motifs is 7. The summed E-state index contributed by atoms with van der Waals surface area (Å²) < 4.78 is 14.4. The van der Waals surface area contributed by atoms with Crippen molar-refractivity contribution in [2.75, 3.05) is 0 Å². The Kier molecular flexibility index (Phi) is 9.89. The van der Waals surface area contributed by atoms with Gasteiger partial charge in [-0.25, -0.2) is 0 Å². The van der Waals surface area contributed by atoms with E-state index in [1.54, 1.807) is 0 Å². The molecule has 5 nitrogen and oxygen atoms in total. The molecule has 0 aliphatic rings. The van der Waals surface area contributed by atoms with Crippen molar-refractivity contribution in [3.05, 3.63) is 157 Å². The van der Waals surface area contributed by atoms with Gasteiger partial charge in [-0.3, -0.25) is 4.98 Å². The average Bonchev–Trinajstić information content (AvgIpc) is 3.88. The molecule has 285 valence electrons. The summed E-state index contributed by atoms with van der Waals surface area (Å²) in [5.74, 6) is 0.833. The van der Waals surface area contributed by atoms with Gasteiger partial charge in [-0.15, -0.1) is 42.0 Å². The van der Waals surface area contributed by atoms with Crippen LogP contribution >= 0.6 is 0 Å². The molecule has 1 radical (unpaired) electrons. The predicted molar refractivity (Wildman–Crippen MR) is 235 cm³/mol. The molecular formula is C50H43IrN3O2Si-2. The number of furan rings is 2. The monoisotopic (exact) mass is 938 g/mol. The van der Waals surface area contributed by atoms with Gasteiger partial charge in [-0.1, -0.05) is 129 Å². The second-order valence-electron chi connectivity index (χ2n) is 16.6. The van der Waals surface area contributed by atoms with Gasteiger partial charge >= 0.3 is 0 Å². The molecule has 10 rings (SSSR count). The first-order chi connectivity index (χ1) is 26.9. The maximum Gasteiger partial charge on any atom is 0.120 e. The van der Waals surface area contributed by atoms with Crippen LogP contribution in [0.5, 0.6) is 0 Å². The number of nitrogens with zero attached hydrogens (tertiary/aromatic N) is 3. The number of pyridine rings is 1. The summed E-state index contributed by atoms with van der Waals surface area (Å²) >= 11 is 0. The quantitative estimate of drug-likeness (QED) is 0.130. The molecule has 4 heterocycles. The van der Waals surface area contributed by atoms with Crippen LogP contribution in [-0.2, 0) is 25.5 Å². The molecule has 0 aliphatic carbocycles.